The van der Waals surface area contributed by atoms with Crippen LogP contribution < -0.4 is 31.9 Å². The Morgan fingerprint density at radius 1 is 0.356 bits per heavy atom. The fourth-order valence-corrected chi connectivity index (χ4v) is 15.2. The molecule has 5 saturated carbocycles. The molecular formula is C81H152N6O17. The van der Waals surface area contributed by atoms with Gasteiger partial charge in [-0.3, -0.25) is 14.4 Å². The van der Waals surface area contributed by atoms with Crippen molar-refractivity contribution >= 4 is 48.3 Å². The summed E-state index contributed by atoms with van der Waals surface area (Å²) in [5.41, 5.74) is 0. The molecule has 6 amide bonds. The van der Waals surface area contributed by atoms with Crippen molar-refractivity contribution in [2.24, 2.45) is 88.8 Å². The number of hydrogen-bond donors (Lipinski definition) is 6. The standard InChI is InChI=1S/C17H32N2O3.2C17H31NO4.2C15H29NO3/c1-6-22-16(20)10-13(5)18-17(21)19-15-9-12(4)7-8-14(15)11(2)3;2*1-5-21-16(19)7-6-10-18-17(20)22-15-11-13(4)8-9-14(15)12(2)3;2*1-11(2)13-7-6-12(3)10-14(13)19-15(17)16-8-5-9-18-4/h11-15H,6-10H2,1-5H3,(H2,18,19,21);2*12-15H,5-11H2,1-4H3,(H,18,20);2*11-14H,5-10H2,1-4H3,(H,16,17)/t12-,13?,14+,15+;2*13-,14+,15+;2*12-,13+,14+/m01010/s1. The molecule has 6 N–H and O–H groups in total. The largest absolute Gasteiger partial charge is 0.466 e. The van der Waals surface area contributed by atoms with Crippen molar-refractivity contribution in [3.63, 3.8) is 0 Å². The average Bonchev–Trinajstić information content (AvgIpc) is 0.880. The molecule has 1 unspecified atom stereocenters. The number of nitrogens with one attached hydrogen (secondary N) is 6. The van der Waals surface area contributed by atoms with Gasteiger partial charge in [0.1, 0.15) is 24.4 Å². The van der Waals surface area contributed by atoms with E-state index in [1.54, 1.807) is 35.0 Å². The number of hydrogen-bond acceptors (Lipinski definition) is 17. The van der Waals surface area contributed by atoms with Gasteiger partial charge in [0.05, 0.1) is 26.2 Å². The number of amides is 6. The van der Waals surface area contributed by atoms with Gasteiger partial charge in [0.25, 0.3) is 0 Å². The molecule has 5 aliphatic carbocycles. The molecular weight excluding hydrogens is 1330 g/mol. The molecule has 23 nitrogen and oxygen atoms in total. The number of carbonyl (C=O) groups is 8. The van der Waals surface area contributed by atoms with Crippen molar-refractivity contribution in [1.82, 2.24) is 31.9 Å². The van der Waals surface area contributed by atoms with Crippen molar-refractivity contribution in [3.8, 4) is 0 Å². The lowest BCUT2D eigenvalue weighted by atomic mass is 9.74. The average molecular weight is 1480 g/mol. The van der Waals surface area contributed by atoms with Crippen molar-refractivity contribution in [2.45, 2.75) is 309 Å². The van der Waals surface area contributed by atoms with Crippen LogP contribution in [-0.4, -0.2) is 158 Å². The number of methoxy groups -OCH3 is 2. The number of esters is 3. The zero-order chi connectivity index (χ0) is 78.3. The molecule has 0 aromatic carbocycles. The van der Waals surface area contributed by atoms with E-state index in [-0.39, 0.29) is 91.2 Å². The van der Waals surface area contributed by atoms with E-state index in [9.17, 15) is 38.4 Å². The maximum Gasteiger partial charge on any atom is 0.407 e. The molecule has 0 aliphatic heterocycles. The zero-order valence-corrected chi connectivity index (χ0v) is 69.0. The van der Waals surface area contributed by atoms with Gasteiger partial charge in [-0.05, 0) is 206 Å². The molecule has 5 rings (SSSR count). The molecule has 0 saturated heterocycles. The van der Waals surface area contributed by atoms with Crippen LogP contribution in [0.5, 0.6) is 0 Å². The molecule has 5 fully saturated rings. The summed E-state index contributed by atoms with van der Waals surface area (Å²) in [6, 6.07) is -0.183. The molecule has 104 heavy (non-hydrogen) atoms. The molecule has 0 heterocycles. The van der Waals surface area contributed by atoms with Crippen molar-refractivity contribution < 1.29 is 81.0 Å². The lowest BCUT2D eigenvalue weighted by molar-refractivity contribution is -0.144. The minimum atomic E-state index is -0.367. The third-order valence-electron chi connectivity index (χ3n) is 21.2. The van der Waals surface area contributed by atoms with E-state index in [1.807, 2.05) is 6.92 Å². The van der Waals surface area contributed by atoms with E-state index in [0.29, 0.717) is 174 Å². The highest BCUT2D eigenvalue weighted by molar-refractivity contribution is 5.76. The van der Waals surface area contributed by atoms with Gasteiger partial charge >= 0.3 is 48.3 Å². The van der Waals surface area contributed by atoms with Crippen LogP contribution in [-0.2, 0) is 57.0 Å². The SMILES string of the molecule is CCOC(=O)CC(C)NC(=O)N[C@@H]1C[C@@H](C)CC[C@@H]1C(C)C.CCOC(=O)CCCNC(=O)O[C@@H]1C[C@@H](C)CC[C@@H]1C(C)C.CCOC(=O)CCCNC(=O)O[C@H]1C[C@H](C)CC[C@H]1C(C)C.COCCCNC(=O)O[C@@H]1C[C@@H](C)CC[C@@H]1C(C)C.COCCCNC(=O)O[C@H]1C[C@H](C)CC[C@H]1C(C)C. The summed E-state index contributed by atoms with van der Waals surface area (Å²) in [5, 5.41) is 17.0. The van der Waals surface area contributed by atoms with Crippen LogP contribution in [0.4, 0.5) is 24.0 Å². The fourth-order valence-electron chi connectivity index (χ4n) is 15.2. The van der Waals surface area contributed by atoms with Gasteiger partial charge in [0.15, 0.2) is 0 Å². The molecule has 23 heteroatoms. The van der Waals surface area contributed by atoms with E-state index >= 15 is 0 Å². The van der Waals surface area contributed by atoms with Crippen LogP contribution in [0.3, 0.4) is 0 Å². The number of carbonyl (C=O) groups excluding carboxylic acids is 8. The highest BCUT2D eigenvalue weighted by Gasteiger charge is 2.38. The Hall–Kier alpha value is -5.32. The van der Waals surface area contributed by atoms with Crippen molar-refractivity contribution in [1.29, 1.82) is 0 Å². The second kappa shape index (κ2) is 56.0. The minimum absolute atomic E-state index is 0.00815. The topological polar surface area (TPSA) is 292 Å². The molecule has 608 valence electrons. The highest BCUT2D eigenvalue weighted by Crippen LogP contribution is 2.39. The maximum absolute atomic E-state index is 12.2. The van der Waals surface area contributed by atoms with Crippen LogP contribution in [0, 0.1) is 88.8 Å². The van der Waals surface area contributed by atoms with Gasteiger partial charge in [0.2, 0.25) is 0 Å². The summed E-state index contributed by atoms with van der Waals surface area (Å²) in [6.07, 6.45) is 19.3. The minimum Gasteiger partial charge on any atom is -0.466 e. The van der Waals surface area contributed by atoms with Gasteiger partial charge in [-0.1, -0.05) is 136 Å². The van der Waals surface area contributed by atoms with Crippen LogP contribution in [0.25, 0.3) is 0 Å². The normalized spacial score (nSPS) is 26.1. The van der Waals surface area contributed by atoms with Gasteiger partial charge in [0, 0.05) is 78.5 Å². The molecule has 0 spiro atoms. The van der Waals surface area contributed by atoms with Crippen LogP contribution in [0.15, 0.2) is 0 Å². The van der Waals surface area contributed by atoms with Crippen LogP contribution >= 0.6 is 0 Å². The Kier molecular flexibility index (Phi) is 52.1. The molecule has 0 aromatic rings. The molecule has 0 bridgehead atoms. The van der Waals surface area contributed by atoms with Gasteiger partial charge in [-0.2, -0.15) is 0 Å². The molecule has 16 atom stereocenters. The lowest BCUT2D eigenvalue weighted by Crippen LogP contribution is -2.51. The van der Waals surface area contributed by atoms with E-state index in [4.69, 9.17) is 42.6 Å². The number of rotatable bonds is 32. The van der Waals surface area contributed by atoms with Gasteiger partial charge < -0.3 is 74.5 Å². The maximum atomic E-state index is 12.2. The van der Waals surface area contributed by atoms with Crippen molar-refractivity contribution in [2.75, 3.05) is 73.4 Å². The highest BCUT2D eigenvalue weighted by atomic mass is 16.6. The smallest absolute Gasteiger partial charge is 0.407 e. The van der Waals surface area contributed by atoms with Crippen LogP contribution in [0.1, 0.15) is 273 Å². The Morgan fingerprint density at radius 2 is 0.625 bits per heavy atom. The number of alkyl carbamates (subject to hydrolysis) is 4. The van der Waals surface area contributed by atoms with Crippen molar-refractivity contribution in [3.05, 3.63) is 0 Å². The zero-order valence-electron chi connectivity index (χ0n) is 69.0. The predicted molar refractivity (Wildman–Crippen MR) is 411 cm³/mol. The first kappa shape index (κ1) is 96.7. The summed E-state index contributed by atoms with van der Waals surface area (Å²) >= 11 is 0. The Balaban J connectivity index is 0.000000651. The van der Waals surface area contributed by atoms with E-state index in [1.165, 1.54) is 51.4 Å². The second-order valence-electron chi connectivity index (χ2n) is 32.3. The molecule has 0 radical (unpaired) electrons. The number of ether oxygens (including phenoxy) is 9. The summed E-state index contributed by atoms with van der Waals surface area (Å²) in [4.78, 5) is 93.3. The summed E-state index contributed by atoms with van der Waals surface area (Å²) in [5.74, 6) is 7.62. The van der Waals surface area contributed by atoms with E-state index in [2.05, 4.69) is 136 Å². The monoisotopic (exact) mass is 1480 g/mol. The first-order valence-corrected chi connectivity index (χ1v) is 40.6. The third kappa shape index (κ3) is 43.5. The molecule has 5 aliphatic rings. The number of urea groups is 1. The first-order valence-electron chi connectivity index (χ1n) is 40.6. The van der Waals surface area contributed by atoms with Gasteiger partial charge in [-0.15, -0.1) is 0 Å². The summed E-state index contributed by atoms with van der Waals surface area (Å²) < 4.78 is 47.0. The van der Waals surface area contributed by atoms with Crippen LogP contribution in [0.2, 0.25) is 0 Å². The Bertz CT molecular complexity index is 2220. The summed E-state index contributed by atoms with van der Waals surface area (Å²) in [6.45, 7) is 44.9. The third-order valence-corrected chi connectivity index (χ3v) is 21.2. The Labute approximate surface area is 630 Å². The first-order chi connectivity index (χ1) is 49.3. The molecule has 0 aromatic heterocycles. The Morgan fingerprint density at radius 3 is 0.904 bits per heavy atom. The fraction of sp³-hybridized carbons (Fsp3) is 0.901. The second-order valence-corrected chi connectivity index (χ2v) is 32.3. The predicted octanol–water partition coefficient (Wildman–Crippen LogP) is 16.5. The quantitative estimate of drug-likeness (QED) is 0.0207. The van der Waals surface area contributed by atoms with E-state index < -0.39 is 0 Å². The van der Waals surface area contributed by atoms with E-state index in [0.717, 1.165) is 57.8 Å². The van der Waals surface area contributed by atoms with Gasteiger partial charge in [-0.25, -0.2) is 24.0 Å². The lowest BCUT2D eigenvalue weighted by Gasteiger charge is -2.37. The summed E-state index contributed by atoms with van der Waals surface area (Å²) in [7, 11) is 3.32.